The number of nitrogens with one attached hydrogen (secondary N) is 1. The van der Waals surface area contributed by atoms with E-state index in [0.29, 0.717) is 11.4 Å². The van der Waals surface area contributed by atoms with Gasteiger partial charge in [0, 0.05) is 29.9 Å². The van der Waals surface area contributed by atoms with Gasteiger partial charge in [-0.15, -0.1) is 0 Å². The molecule has 1 aromatic carbocycles. The number of hydrogen-bond donors (Lipinski definition) is 1. The van der Waals surface area contributed by atoms with Crippen molar-refractivity contribution in [2.24, 2.45) is 5.92 Å². The lowest BCUT2D eigenvalue weighted by atomic mass is 9.93. The van der Waals surface area contributed by atoms with E-state index in [9.17, 15) is 13.6 Å². The number of alkyl halides is 2. The Labute approximate surface area is 150 Å². The first-order chi connectivity index (χ1) is 12.0. The molecule has 25 heavy (non-hydrogen) atoms. The fourth-order valence-electron chi connectivity index (χ4n) is 3.15. The number of carbonyl (C=O) groups is 1. The zero-order chi connectivity index (χ0) is 17.8. The smallest absolute Gasteiger partial charge is 0.255 e. The maximum Gasteiger partial charge on any atom is 0.255 e. The van der Waals surface area contributed by atoms with Crippen molar-refractivity contribution in [2.45, 2.75) is 25.7 Å². The van der Waals surface area contributed by atoms with Crippen LogP contribution in [0.15, 0.2) is 30.3 Å². The lowest BCUT2D eigenvalue weighted by molar-refractivity contribution is -0.122. The van der Waals surface area contributed by atoms with Gasteiger partial charge in [-0.2, -0.15) is 0 Å². The second-order valence-electron chi connectivity index (χ2n) is 6.34. The van der Waals surface area contributed by atoms with E-state index >= 15 is 0 Å². The maximum atomic E-state index is 12.1. The predicted octanol–water partition coefficient (Wildman–Crippen LogP) is 3.88. The molecule has 1 aliphatic rings. The molecule has 0 unspecified atom stereocenters. The van der Waals surface area contributed by atoms with Crippen molar-refractivity contribution in [1.82, 2.24) is 10.3 Å². The third-order valence-electron chi connectivity index (χ3n) is 4.50. The van der Waals surface area contributed by atoms with E-state index in [-0.39, 0.29) is 11.8 Å². The SMILES string of the molecule is O=C(CC1CCN(c2ccc3cc(Cl)ccc3n2)CC1)NCC(F)F. The minimum absolute atomic E-state index is 0.230. The van der Waals surface area contributed by atoms with Crippen LogP contribution in [0, 0.1) is 5.92 Å². The normalized spacial score (nSPS) is 15.8. The van der Waals surface area contributed by atoms with Crippen molar-refractivity contribution in [2.75, 3.05) is 24.5 Å². The molecule has 0 bridgehead atoms. The summed E-state index contributed by atoms with van der Waals surface area (Å²) < 4.78 is 24.2. The van der Waals surface area contributed by atoms with E-state index in [1.165, 1.54) is 0 Å². The molecule has 134 valence electrons. The Kier molecular flexibility index (Phi) is 5.68. The predicted molar refractivity (Wildman–Crippen MR) is 95.3 cm³/mol. The molecular formula is C18H20ClF2N3O. The largest absolute Gasteiger partial charge is 0.357 e. The highest BCUT2D eigenvalue weighted by molar-refractivity contribution is 6.31. The molecule has 1 fully saturated rings. The molecule has 0 saturated carbocycles. The highest BCUT2D eigenvalue weighted by Crippen LogP contribution is 2.26. The Bertz CT molecular complexity index is 748. The summed E-state index contributed by atoms with van der Waals surface area (Å²) >= 11 is 5.99. The van der Waals surface area contributed by atoms with Crippen LogP contribution in [0.3, 0.4) is 0 Å². The Hall–Kier alpha value is -1.95. The molecule has 1 aromatic heterocycles. The maximum absolute atomic E-state index is 12.1. The molecular weight excluding hydrogens is 348 g/mol. The number of halogens is 3. The summed E-state index contributed by atoms with van der Waals surface area (Å²) in [6.07, 6.45) is -0.491. The van der Waals surface area contributed by atoms with Crippen LogP contribution in [0.5, 0.6) is 0 Å². The molecule has 1 aliphatic heterocycles. The fourth-order valence-corrected chi connectivity index (χ4v) is 3.33. The minimum atomic E-state index is -2.50. The molecule has 0 radical (unpaired) electrons. The lowest BCUT2D eigenvalue weighted by Crippen LogP contribution is -2.37. The summed E-state index contributed by atoms with van der Waals surface area (Å²) in [5, 5.41) is 3.96. The van der Waals surface area contributed by atoms with E-state index in [4.69, 9.17) is 11.6 Å². The molecule has 4 nitrogen and oxygen atoms in total. The quantitative estimate of drug-likeness (QED) is 0.872. The van der Waals surface area contributed by atoms with Gasteiger partial charge >= 0.3 is 0 Å². The number of piperidine rings is 1. The van der Waals surface area contributed by atoms with Crippen LogP contribution >= 0.6 is 11.6 Å². The van der Waals surface area contributed by atoms with Crippen LogP contribution in [-0.4, -0.2) is 37.0 Å². The van der Waals surface area contributed by atoms with Gasteiger partial charge in [0.1, 0.15) is 5.82 Å². The van der Waals surface area contributed by atoms with Crippen LogP contribution < -0.4 is 10.2 Å². The molecule has 0 spiro atoms. The van der Waals surface area contributed by atoms with Gasteiger partial charge in [0.15, 0.2) is 0 Å². The number of anilines is 1. The first-order valence-corrected chi connectivity index (χ1v) is 8.75. The van der Waals surface area contributed by atoms with Crippen LogP contribution in [0.4, 0.5) is 14.6 Å². The average Bonchev–Trinajstić information content (AvgIpc) is 2.60. The number of carbonyl (C=O) groups excluding carboxylic acids is 1. The molecule has 0 atom stereocenters. The van der Waals surface area contributed by atoms with E-state index in [0.717, 1.165) is 42.7 Å². The zero-order valence-electron chi connectivity index (χ0n) is 13.7. The molecule has 7 heteroatoms. The average molecular weight is 368 g/mol. The summed E-state index contributed by atoms with van der Waals surface area (Å²) in [6.45, 7) is 1.04. The van der Waals surface area contributed by atoms with Crippen LogP contribution in [0.1, 0.15) is 19.3 Å². The van der Waals surface area contributed by atoms with Crippen LogP contribution in [0.25, 0.3) is 10.9 Å². The third-order valence-corrected chi connectivity index (χ3v) is 4.74. The number of rotatable bonds is 5. The zero-order valence-corrected chi connectivity index (χ0v) is 14.5. The topological polar surface area (TPSA) is 45.2 Å². The van der Waals surface area contributed by atoms with Gasteiger partial charge in [-0.1, -0.05) is 11.6 Å². The summed E-state index contributed by atoms with van der Waals surface area (Å²) in [5.41, 5.74) is 0.899. The van der Waals surface area contributed by atoms with Gasteiger partial charge in [-0.25, -0.2) is 13.8 Å². The van der Waals surface area contributed by atoms with Gasteiger partial charge in [0.2, 0.25) is 5.91 Å². The third kappa shape index (κ3) is 4.78. The molecule has 2 heterocycles. The van der Waals surface area contributed by atoms with Gasteiger partial charge in [0.05, 0.1) is 12.1 Å². The molecule has 2 aromatic rings. The first kappa shape index (κ1) is 17.9. The second-order valence-corrected chi connectivity index (χ2v) is 6.77. The number of fused-ring (bicyclic) bond motifs is 1. The monoisotopic (exact) mass is 367 g/mol. The highest BCUT2D eigenvalue weighted by Gasteiger charge is 2.22. The van der Waals surface area contributed by atoms with Crippen molar-refractivity contribution >= 4 is 34.2 Å². The van der Waals surface area contributed by atoms with Crippen molar-refractivity contribution in [1.29, 1.82) is 0 Å². The van der Waals surface area contributed by atoms with Crippen LogP contribution in [-0.2, 0) is 4.79 Å². The Balaban J connectivity index is 1.55. The number of aromatic nitrogens is 1. The standard InChI is InChI=1S/C18H20ClF2N3O/c19-14-2-3-15-13(10-14)1-4-17(23-15)24-7-5-12(6-8-24)9-18(25)22-11-16(20)21/h1-4,10,12,16H,5-9,11H2,(H,22,25). The molecule has 1 N–H and O–H groups in total. The van der Waals surface area contributed by atoms with E-state index in [1.54, 1.807) is 0 Å². The molecule has 0 aliphatic carbocycles. The Morgan fingerprint density at radius 3 is 2.76 bits per heavy atom. The lowest BCUT2D eigenvalue weighted by Gasteiger charge is -2.32. The fraction of sp³-hybridized carbons (Fsp3) is 0.444. The summed E-state index contributed by atoms with van der Waals surface area (Å²) in [5.74, 6) is 0.850. The number of amides is 1. The van der Waals surface area contributed by atoms with Gasteiger partial charge < -0.3 is 10.2 Å². The molecule has 1 saturated heterocycles. The van der Waals surface area contributed by atoms with Crippen molar-refractivity contribution in [3.63, 3.8) is 0 Å². The molecule has 1 amide bonds. The van der Waals surface area contributed by atoms with Crippen molar-refractivity contribution < 1.29 is 13.6 Å². The van der Waals surface area contributed by atoms with Crippen LogP contribution in [0.2, 0.25) is 5.02 Å². The van der Waals surface area contributed by atoms with Crippen molar-refractivity contribution in [3.8, 4) is 0 Å². The Morgan fingerprint density at radius 1 is 1.28 bits per heavy atom. The number of pyridine rings is 1. The number of benzene rings is 1. The summed E-state index contributed by atoms with van der Waals surface area (Å²) in [4.78, 5) is 18.5. The van der Waals surface area contributed by atoms with E-state index < -0.39 is 13.0 Å². The van der Waals surface area contributed by atoms with E-state index in [2.05, 4.69) is 15.2 Å². The number of hydrogen-bond acceptors (Lipinski definition) is 3. The van der Waals surface area contributed by atoms with Gasteiger partial charge in [-0.05, 0) is 49.1 Å². The van der Waals surface area contributed by atoms with Gasteiger partial charge in [0.25, 0.3) is 6.43 Å². The first-order valence-electron chi connectivity index (χ1n) is 8.37. The Morgan fingerprint density at radius 2 is 2.04 bits per heavy atom. The number of nitrogens with zero attached hydrogens (tertiary/aromatic N) is 2. The summed E-state index contributed by atoms with van der Waals surface area (Å²) in [7, 11) is 0. The van der Waals surface area contributed by atoms with E-state index in [1.807, 2.05) is 30.3 Å². The van der Waals surface area contributed by atoms with Crippen molar-refractivity contribution in [3.05, 3.63) is 35.4 Å². The van der Waals surface area contributed by atoms with Gasteiger partial charge in [-0.3, -0.25) is 4.79 Å². The molecule has 3 rings (SSSR count). The minimum Gasteiger partial charge on any atom is -0.357 e. The summed E-state index contributed by atoms with van der Waals surface area (Å²) in [6, 6.07) is 9.60. The second kappa shape index (κ2) is 7.95. The highest BCUT2D eigenvalue weighted by atomic mass is 35.5.